The number of hydrogen-bond acceptors (Lipinski definition) is 3. The van der Waals surface area contributed by atoms with Crippen molar-refractivity contribution in [2.24, 2.45) is 11.3 Å². The Balaban J connectivity index is 2.63. The predicted molar refractivity (Wildman–Crippen MR) is 79.1 cm³/mol. The molecule has 0 atom stereocenters. The molecule has 0 heterocycles. The van der Waals surface area contributed by atoms with Crippen molar-refractivity contribution in [3.8, 4) is 0 Å². The second-order valence-electron chi connectivity index (χ2n) is 6.93. The molecule has 19 heavy (non-hydrogen) atoms. The minimum Gasteiger partial charge on any atom is -0.466 e. The summed E-state index contributed by atoms with van der Waals surface area (Å²) in [5.74, 6) is 0.708. The molecule has 0 saturated heterocycles. The van der Waals surface area contributed by atoms with Gasteiger partial charge in [0, 0.05) is 5.54 Å². The molecule has 3 nitrogen and oxygen atoms in total. The molecule has 0 radical (unpaired) electrons. The van der Waals surface area contributed by atoms with Crippen LogP contribution in [0.25, 0.3) is 0 Å². The summed E-state index contributed by atoms with van der Waals surface area (Å²) in [5, 5.41) is 3.56. The Morgan fingerprint density at radius 3 is 2.26 bits per heavy atom. The lowest BCUT2D eigenvalue weighted by molar-refractivity contribution is -0.145. The summed E-state index contributed by atoms with van der Waals surface area (Å²) in [6.07, 6.45) is 5.10. The Morgan fingerprint density at radius 1 is 1.26 bits per heavy atom. The van der Waals surface area contributed by atoms with Gasteiger partial charge in [-0.05, 0) is 50.5 Å². The molecule has 3 heteroatoms. The van der Waals surface area contributed by atoms with Gasteiger partial charge in [0.2, 0.25) is 0 Å². The van der Waals surface area contributed by atoms with Crippen LogP contribution in [0.5, 0.6) is 0 Å². The Kier molecular flexibility index (Phi) is 5.84. The highest BCUT2D eigenvalue weighted by Crippen LogP contribution is 2.42. The molecule has 0 bridgehead atoms. The lowest BCUT2D eigenvalue weighted by atomic mass is 9.66. The largest absolute Gasteiger partial charge is 0.466 e. The summed E-state index contributed by atoms with van der Waals surface area (Å²) in [4.78, 5) is 11.8. The van der Waals surface area contributed by atoms with E-state index in [2.05, 4.69) is 33.0 Å². The second-order valence-corrected chi connectivity index (χ2v) is 6.93. The summed E-state index contributed by atoms with van der Waals surface area (Å²) in [6.45, 7) is 12.3. The van der Waals surface area contributed by atoms with Crippen LogP contribution in [-0.4, -0.2) is 24.7 Å². The number of hydrogen-bond donors (Lipinski definition) is 1. The van der Waals surface area contributed by atoms with Crippen LogP contribution in [0.15, 0.2) is 0 Å². The first kappa shape index (κ1) is 16.5. The van der Waals surface area contributed by atoms with Gasteiger partial charge in [0.25, 0.3) is 0 Å². The molecule has 0 aromatic heterocycles. The van der Waals surface area contributed by atoms with Gasteiger partial charge in [-0.2, -0.15) is 0 Å². The average Bonchev–Trinajstić information content (AvgIpc) is 2.28. The Hall–Kier alpha value is -0.570. The highest BCUT2D eigenvalue weighted by molar-refractivity contribution is 5.71. The minimum absolute atomic E-state index is 0.0250. The van der Waals surface area contributed by atoms with Gasteiger partial charge in [0.05, 0.1) is 13.0 Å². The molecule has 1 aliphatic carbocycles. The molecular formula is C16H31NO2. The third kappa shape index (κ3) is 4.79. The second kappa shape index (κ2) is 6.74. The average molecular weight is 269 g/mol. The lowest BCUT2D eigenvalue weighted by Crippen LogP contribution is -2.50. The number of carbonyl (C=O) groups excluding carboxylic acids is 1. The van der Waals surface area contributed by atoms with Crippen LogP contribution >= 0.6 is 0 Å². The van der Waals surface area contributed by atoms with E-state index >= 15 is 0 Å². The molecule has 0 aromatic carbocycles. The van der Waals surface area contributed by atoms with Crippen LogP contribution in [0.4, 0.5) is 0 Å². The molecule has 0 aromatic rings. The third-order valence-electron chi connectivity index (χ3n) is 4.51. The quantitative estimate of drug-likeness (QED) is 0.776. The zero-order chi connectivity index (χ0) is 14.5. The number of nitrogens with one attached hydrogen (secondary N) is 1. The Bertz CT molecular complexity index is 286. The van der Waals surface area contributed by atoms with E-state index in [0.717, 1.165) is 25.3 Å². The van der Waals surface area contributed by atoms with Crippen molar-refractivity contribution in [3.05, 3.63) is 0 Å². The summed E-state index contributed by atoms with van der Waals surface area (Å²) < 4.78 is 5.13. The number of rotatable bonds is 5. The van der Waals surface area contributed by atoms with Crippen LogP contribution in [0.2, 0.25) is 0 Å². The lowest BCUT2D eigenvalue weighted by Gasteiger charge is -2.44. The maximum absolute atomic E-state index is 11.8. The van der Waals surface area contributed by atoms with Crippen LogP contribution in [0, 0.1) is 11.3 Å². The number of carbonyl (C=O) groups is 1. The summed E-state index contributed by atoms with van der Waals surface area (Å²) >= 11 is 0. The van der Waals surface area contributed by atoms with E-state index in [-0.39, 0.29) is 11.5 Å². The first-order valence-corrected chi connectivity index (χ1v) is 7.73. The molecule has 1 rings (SSSR count). The highest BCUT2D eigenvalue weighted by Gasteiger charge is 2.39. The monoisotopic (exact) mass is 269 g/mol. The maximum Gasteiger partial charge on any atom is 0.307 e. The minimum atomic E-state index is -0.0577. The normalized spacial score (nSPS) is 28.2. The van der Waals surface area contributed by atoms with E-state index < -0.39 is 0 Å². The van der Waals surface area contributed by atoms with E-state index in [1.165, 1.54) is 12.8 Å². The highest BCUT2D eigenvalue weighted by atomic mass is 16.5. The van der Waals surface area contributed by atoms with E-state index in [1.807, 2.05) is 6.92 Å². The summed E-state index contributed by atoms with van der Waals surface area (Å²) in [5.41, 5.74) is 0.352. The maximum atomic E-state index is 11.8. The number of esters is 1. The van der Waals surface area contributed by atoms with Gasteiger partial charge in [-0.25, -0.2) is 0 Å². The third-order valence-corrected chi connectivity index (χ3v) is 4.51. The molecule has 0 unspecified atom stereocenters. The van der Waals surface area contributed by atoms with Crippen molar-refractivity contribution in [3.63, 3.8) is 0 Å². The fourth-order valence-corrected chi connectivity index (χ4v) is 3.32. The fourth-order valence-electron chi connectivity index (χ4n) is 3.32. The molecule has 0 spiro atoms. The first-order chi connectivity index (χ1) is 8.83. The zero-order valence-corrected chi connectivity index (χ0v) is 13.3. The Morgan fingerprint density at radius 2 is 1.84 bits per heavy atom. The van der Waals surface area contributed by atoms with Gasteiger partial charge in [0.1, 0.15) is 0 Å². The van der Waals surface area contributed by atoms with Gasteiger partial charge < -0.3 is 10.1 Å². The number of ether oxygens (including phenoxy) is 1. The van der Waals surface area contributed by atoms with Gasteiger partial charge in [0.15, 0.2) is 0 Å². The standard InChI is InChI=1S/C16H31NO2/c1-6-17-16(12-14(18)19-7-2)10-8-13(9-11-16)15(3,4)5/h13,17H,6-12H2,1-5H3. The summed E-state index contributed by atoms with van der Waals surface area (Å²) in [6, 6.07) is 0. The van der Waals surface area contributed by atoms with E-state index in [1.54, 1.807) is 0 Å². The molecule has 1 N–H and O–H groups in total. The van der Waals surface area contributed by atoms with Crippen molar-refractivity contribution in [2.75, 3.05) is 13.2 Å². The zero-order valence-electron chi connectivity index (χ0n) is 13.3. The first-order valence-electron chi connectivity index (χ1n) is 7.73. The van der Waals surface area contributed by atoms with Crippen molar-refractivity contribution in [1.29, 1.82) is 0 Å². The van der Waals surface area contributed by atoms with Crippen molar-refractivity contribution < 1.29 is 9.53 Å². The van der Waals surface area contributed by atoms with Gasteiger partial charge in [-0.1, -0.05) is 27.7 Å². The van der Waals surface area contributed by atoms with Gasteiger partial charge >= 0.3 is 5.97 Å². The van der Waals surface area contributed by atoms with Crippen molar-refractivity contribution in [2.45, 2.75) is 72.3 Å². The summed E-state index contributed by atoms with van der Waals surface area (Å²) in [7, 11) is 0. The van der Waals surface area contributed by atoms with Crippen LogP contribution < -0.4 is 5.32 Å². The molecule has 1 aliphatic rings. The van der Waals surface area contributed by atoms with Crippen molar-refractivity contribution in [1.82, 2.24) is 5.32 Å². The van der Waals surface area contributed by atoms with E-state index in [9.17, 15) is 4.79 Å². The van der Waals surface area contributed by atoms with E-state index in [0.29, 0.717) is 18.4 Å². The van der Waals surface area contributed by atoms with Crippen molar-refractivity contribution >= 4 is 5.97 Å². The van der Waals surface area contributed by atoms with Crippen LogP contribution in [-0.2, 0) is 9.53 Å². The van der Waals surface area contributed by atoms with Gasteiger partial charge in [-0.15, -0.1) is 0 Å². The molecular weight excluding hydrogens is 238 g/mol. The molecule has 0 amide bonds. The predicted octanol–water partition coefficient (Wildman–Crippen LogP) is 3.52. The smallest absolute Gasteiger partial charge is 0.307 e. The topological polar surface area (TPSA) is 38.3 Å². The van der Waals surface area contributed by atoms with Gasteiger partial charge in [-0.3, -0.25) is 4.79 Å². The molecule has 1 fully saturated rings. The Labute approximate surface area is 118 Å². The van der Waals surface area contributed by atoms with E-state index in [4.69, 9.17) is 4.74 Å². The van der Waals surface area contributed by atoms with Crippen LogP contribution in [0.3, 0.4) is 0 Å². The fraction of sp³-hybridized carbons (Fsp3) is 0.938. The van der Waals surface area contributed by atoms with Crippen LogP contribution in [0.1, 0.15) is 66.7 Å². The SMILES string of the molecule is CCNC1(CC(=O)OCC)CCC(C(C)(C)C)CC1. The molecule has 112 valence electrons. The molecule has 0 aliphatic heterocycles. The molecule has 1 saturated carbocycles.